The van der Waals surface area contributed by atoms with Crippen molar-refractivity contribution in [3.8, 4) is 0 Å². The zero-order valence-corrected chi connectivity index (χ0v) is 33.3. The van der Waals surface area contributed by atoms with E-state index in [4.69, 9.17) is 4.74 Å². The highest BCUT2D eigenvalue weighted by molar-refractivity contribution is 8.00. The first-order chi connectivity index (χ1) is 26.8. The number of ether oxygens (including phenoxy) is 1. The topological polar surface area (TPSA) is 242 Å². The number of thioether (sulfide) groups is 1. The minimum absolute atomic E-state index is 0.00848. The number of carbonyl (C=O) groups is 6. The summed E-state index contributed by atoms with van der Waals surface area (Å²) in [5, 5.41) is 48.1. The molecule has 0 spiro atoms. The molecule has 3 aliphatic heterocycles. The van der Waals surface area contributed by atoms with Gasteiger partial charge in [-0.1, -0.05) is 12.8 Å². The van der Waals surface area contributed by atoms with Crippen LogP contribution in [0.4, 0.5) is 4.79 Å². The fraction of sp³-hybridized carbons (Fsp3) is 0.838. The van der Waals surface area contributed by atoms with Gasteiger partial charge in [-0.05, 0) is 63.2 Å². The molecule has 4 rings (SSSR count). The Hall–Kier alpha value is -3.23. The fourth-order valence-electron chi connectivity index (χ4n) is 8.61. The molecule has 19 heteroatoms. The fourth-order valence-corrected chi connectivity index (χ4v) is 10.2. The molecule has 318 valence electrons. The summed E-state index contributed by atoms with van der Waals surface area (Å²) in [4.78, 5) is 78.5. The summed E-state index contributed by atoms with van der Waals surface area (Å²) < 4.78 is 5.67. The van der Waals surface area contributed by atoms with Gasteiger partial charge in [0.05, 0.1) is 38.3 Å². The number of carboxylic acid groups (broad SMARTS) is 4. The summed E-state index contributed by atoms with van der Waals surface area (Å²) in [5.74, 6) is -3.02. The molecule has 3 amide bonds. The molecular formula is C37H63N7O11S. The maximum Gasteiger partial charge on any atom is 0.317 e. The standard InChI is InChI=1S/C37H63N7O11S/c45-31(24-55-16-3-1-2-5-30-36-29(25-56-30)39-37(54)40-36)38-28-8-6-26(7-9-28)17-27-18-43(22-34(50)51)14-12-41(20-32(46)47)10-4-11-42(21-33(48)49)13-15-44(19-27)23-35(52)53/h26-30,36H,1-25H2,(H,38,45)(H,46,47)(H,48,49)(H,50,51)(H,52,53)(H2,39,40,54). The van der Waals surface area contributed by atoms with E-state index in [9.17, 15) is 49.2 Å². The first kappa shape index (κ1) is 45.5. The molecule has 0 bridgehead atoms. The lowest BCUT2D eigenvalue weighted by atomic mass is 9.80. The Bertz CT molecular complexity index is 1260. The van der Waals surface area contributed by atoms with Gasteiger partial charge in [0.1, 0.15) is 6.61 Å². The normalized spacial score (nSPS) is 26.8. The van der Waals surface area contributed by atoms with Crippen LogP contribution in [0.3, 0.4) is 0 Å². The van der Waals surface area contributed by atoms with Gasteiger partial charge in [0, 0.05) is 76.0 Å². The minimum Gasteiger partial charge on any atom is -0.480 e. The van der Waals surface area contributed by atoms with Crippen LogP contribution >= 0.6 is 11.8 Å². The van der Waals surface area contributed by atoms with Crippen molar-refractivity contribution in [3.63, 3.8) is 0 Å². The number of nitrogens with zero attached hydrogens (tertiary/aromatic N) is 4. The third kappa shape index (κ3) is 17.1. The lowest BCUT2D eigenvalue weighted by molar-refractivity contribution is -0.141. The van der Waals surface area contributed by atoms with Crippen LogP contribution in [0.5, 0.6) is 0 Å². The maximum atomic E-state index is 12.7. The molecule has 0 aromatic carbocycles. The number of hydrogen-bond donors (Lipinski definition) is 7. The number of carbonyl (C=O) groups excluding carboxylic acids is 2. The van der Waals surface area contributed by atoms with E-state index in [1.54, 1.807) is 9.80 Å². The number of amides is 3. The Kier molecular flexibility index (Phi) is 19.4. The average molecular weight is 814 g/mol. The van der Waals surface area contributed by atoms with E-state index in [0.29, 0.717) is 70.6 Å². The van der Waals surface area contributed by atoms with Crippen molar-refractivity contribution in [1.29, 1.82) is 0 Å². The van der Waals surface area contributed by atoms with E-state index in [0.717, 1.165) is 63.5 Å². The summed E-state index contributed by atoms with van der Waals surface area (Å²) in [5.41, 5.74) is 0. The van der Waals surface area contributed by atoms with Gasteiger partial charge in [-0.2, -0.15) is 11.8 Å². The van der Waals surface area contributed by atoms with Gasteiger partial charge in [-0.25, -0.2) is 4.79 Å². The number of aliphatic carboxylic acids is 4. The van der Waals surface area contributed by atoms with Crippen LogP contribution in [0.15, 0.2) is 0 Å². The van der Waals surface area contributed by atoms with E-state index in [1.807, 2.05) is 21.6 Å². The molecule has 4 fully saturated rings. The second-order valence-corrected chi connectivity index (χ2v) is 17.1. The Morgan fingerprint density at radius 2 is 1.25 bits per heavy atom. The quantitative estimate of drug-likeness (QED) is 0.0688. The van der Waals surface area contributed by atoms with Crippen LogP contribution < -0.4 is 16.0 Å². The monoisotopic (exact) mass is 813 g/mol. The predicted molar refractivity (Wildman–Crippen MR) is 208 cm³/mol. The Balaban J connectivity index is 1.25. The zero-order chi connectivity index (χ0) is 40.5. The van der Waals surface area contributed by atoms with E-state index >= 15 is 0 Å². The van der Waals surface area contributed by atoms with Gasteiger partial charge in [0.2, 0.25) is 5.91 Å². The van der Waals surface area contributed by atoms with Crippen molar-refractivity contribution < 1.29 is 53.9 Å². The molecule has 0 aromatic rings. The van der Waals surface area contributed by atoms with Crippen molar-refractivity contribution in [1.82, 2.24) is 35.6 Å². The molecule has 1 saturated carbocycles. The molecule has 4 aliphatic rings. The van der Waals surface area contributed by atoms with Crippen LogP contribution in [-0.2, 0) is 28.7 Å². The average Bonchev–Trinajstić information content (AvgIpc) is 3.67. The summed E-state index contributed by atoms with van der Waals surface area (Å²) in [6.45, 7) is 2.42. The predicted octanol–water partition coefficient (Wildman–Crippen LogP) is 0.360. The Morgan fingerprint density at radius 3 is 1.82 bits per heavy atom. The number of urea groups is 1. The third-order valence-corrected chi connectivity index (χ3v) is 12.7. The smallest absolute Gasteiger partial charge is 0.317 e. The first-order valence-corrected chi connectivity index (χ1v) is 21.2. The molecule has 1 aliphatic carbocycles. The Morgan fingerprint density at radius 1 is 0.696 bits per heavy atom. The number of carboxylic acids is 4. The van der Waals surface area contributed by atoms with Gasteiger partial charge in [0.15, 0.2) is 0 Å². The number of unbranched alkanes of at least 4 members (excludes halogenated alkanes) is 2. The van der Waals surface area contributed by atoms with Crippen LogP contribution in [0.2, 0.25) is 0 Å². The number of nitrogens with one attached hydrogen (secondary N) is 3. The highest BCUT2D eigenvalue weighted by Gasteiger charge is 2.42. The molecule has 0 aromatic heterocycles. The summed E-state index contributed by atoms with van der Waals surface area (Å²) in [7, 11) is 0. The Labute approximate surface area is 333 Å². The van der Waals surface area contributed by atoms with Crippen LogP contribution in [0.25, 0.3) is 0 Å². The molecule has 3 saturated heterocycles. The highest BCUT2D eigenvalue weighted by atomic mass is 32.2. The second kappa shape index (κ2) is 23.9. The van der Waals surface area contributed by atoms with E-state index in [-0.39, 0.29) is 74.7 Å². The molecule has 0 radical (unpaired) electrons. The number of fused-ring (bicyclic) bond motifs is 1. The molecule has 7 N–H and O–H groups in total. The highest BCUT2D eigenvalue weighted by Crippen LogP contribution is 2.33. The number of hydrogen-bond acceptors (Lipinski definition) is 12. The van der Waals surface area contributed by atoms with Gasteiger partial charge >= 0.3 is 29.9 Å². The van der Waals surface area contributed by atoms with Crippen molar-refractivity contribution in [2.45, 2.75) is 87.6 Å². The van der Waals surface area contributed by atoms with E-state index in [1.165, 1.54) is 0 Å². The zero-order valence-electron chi connectivity index (χ0n) is 32.5. The summed E-state index contributed by atoms with van der Waals surface area (Å²) in [6.07, 6.45) is 8.43. The molecule has 3 atom stereocenters. The second-order valence-electron chi connectivity index (χ2n) is 15.9. The maximum absolute atomic E-state index is 12.7. The summed E-state index contributed by atoms with van der Waals surface area (Å²) in [6, 6.07) is 0.399. The summed E-state index contributed by atoms with van der Waals surface area (Å²) >= 11 is 1.91. The van der Waals surface area contributed by atoms with Crippen molar-refractivity contribution in [3.05, 3.63) is 0 Å². The lowest BCUT2D eigenvalue weighted by Gasteiger charge is -2.36. The van der Waals surface area contributed by atoms with Crippen molar-refractivity contribution in [2.24, 2.45) is 11.8 Å². The van der Waals surface area contributed by atoms with Gasteiger partial charge < -0.3 is 41.1 Å². The third-order valence-electron chi connectivity index (χ3n) is 11.2. The van der Waals surface area contributed by atoms with E-state index < -0.39 is 23.9 Å². The SMILES string of the molecule is O=C(O)CN1CCCN(CC(=O)O)CCN(CC(=O)O)CC(CC2CCC(NC(=O)COCCCCCC3SCC4NC(=O)NC43)CC2)CN(CC(=O)O)CC1. The molecule has 3 heterocycles. The van der Waals surface area contributed by atoms with Crippen LogP contribution in [-0.4, -0.2) is 197 Å². The minimum atomic E-state index is -1.00. The van der Waals surface area contributed by atoms with E-state index in [2.05, 4.69) is 16.0 Å². The largest absolute Gasteiger partial charge is 0.480 e. The van der Waals surface area contributed by atoms with Crippen LogP contribution in [0, 0.1) is 11.8 Å². The number of rotatable bonds is 19. The lowest BCUT2D eigenvalue weighted by Crippen LogP contribution is -2.47. The molecule has 18 nitrogen and oxygen atoms in total. The van der Waals surface area contributed by atoms with Gasteiger partial charge in [0.25, 0.3) is 0 Å². The molecule has 3 unspecified atom stereocenters. The first-order valence-electron chi connectivity index (χ1n) is 20.1. The molecular weight excluding hydrogens is 751 g/mol. The van der Waals surface area contributed by atoms with Gasteiger partial charge in [-0.3, -0.25) is 43.6 Å². The van der Waals surface area contributed by atoms with Crippen molar-refractivity contribution >= 4 is 47.6 Å². The molecule has 56 heavy (non-hydrogen) atoms. The van der Waals surface area contributed by atoms with Crippen molar-refractivity contribution in [2.75, 3.05) is 97.5 Å². The van der Waals surface area contributed by atoms with Crippen LogP contribution in [0.1, 0.15) is 64.2 Å². The van der Waals surface area contributed by atoms with Gasteiger partial charge in [-0.15, -0.1) is 0 Å².